The van der Waals surface area contributed by atoms with E-state index in [4.69, 9.17) is 21.4 Å². The van der Waals surface area contributed by atoms with Gasteiger partial charge in [-0.1, -0.05) is 23.7 Å². The fourth-order valence-electron chi connectivity index (χ4n) is 2.29. The van der Waals surface area contributed by atoms with Crippen molar-refractivity contribution in [2.75, 3.05) is 13.1 Å². The number of halogens is 1. The summed E-state index contributed by atoms with van der Waals surface area (Å²) in [4.78, 5) is 24.4. The maximum absolute atomic E-state index is 11.9. The van der Waals surface area contributed by atoms with Crippen molar-refractivity contribution in [3.8, 4) is 5.75 Å². The number of likely N-dealkylation sites (tertiary alicyclic amines) is 1. The highest BCUT2D eigenvalue weighted by Crippen LogP contribution is 2.27. The van der Waals surface area contributed by atoms with Gasteiger partial charge in [-0.25, -0.2) is 0 Å². The van der Waals surface area contributed by atoms with Crippen LogP contribution in [0.2, 0.25) is 5.02 Å². The highest BCUT2D eigenvalue weighted by molar-refractivity contribution is 6.32. The molecule has 6 heteroatoms. The van der Waals surface area contributed by atoms with Gasteiger partial charge in [0.05, 0.1) is 5.02 Å². The average molecular weight is 312 g/mol. The van der Waals surface area contributed by atoms with E-state index in [-0.39, 0.29) is 12.0 Å². The number of piperidine rings is 1. The summed E-state index contributed by atoms with van der Waals surface area (Å²) in [6.45, 7) is 2.42. The molecule has 1 aliphatic heterocycles. The molecule has 21 heavy (non-hydrogen) atoms. The number of carbonyl (C=O) groups excluding carboxylic acids is 1. The van der Waals surface area contributed by atoms with Crippen LogP contribution >= 0.6 is 11.6 Å². The highest BCUT2D eigenvalue weighted by Gasteiger charge is 2.30. The Kier molecular flexibility index (Phi) is 5.07. The smallest absolute Gasteiger partial charge is 0.315 e. The zero-order valence-corrected chi connectivity index (χ0v) is 12.5. The molecular weight excluding hydrogens is 294 g/mol. The molecule has 1 fully saturated rings. The predicted octanol–water partition coefficient (Wildman–Crippen LogP) is 2.43. The van der Waals surface area contributed by atoms with Crippen LogP contribution in [0.5, 0.6) is 5.75 Å². The van der Waals surface area contributed by atoms with Gasteiger partial charge in [-0.05, 0) is 19.1 Å². The molecule has 0 saturated carbocycles. The molecule has 1 heterocycles. The standard InChI is InChI=1S/C15H18ClNO4/c1-10(15(19)20)14(18)17-8-6-11(7-9-17)21-13-5-3-2-4-12(13)16/h2-5,10-11H,6-9H2,1H3,(H,19,20). The van der Waals surface area contributed by atoms with Crippen LogP contribution in [0.4, 0.5) is 0 Å². The second-order valence-corrected chi connectivity index (χ2v) is 5.54. The largest absolute Gasteiger partial charge is 0.489 e. The summed E-state index contributed by atoms with van der Waals surface area (Å²) in [6, 6.07) is 7.27. The van der Waals surface area contributed by atoms with Crippen molar-refractivity contribution in [1.29, 1.82) is 0 Å². The highest BCUT2D eigenvalue weighted by atomic mass is 35.5. The number of aliphatic carboxylic acids is 1. The zero-order valence-electron chi connectivity index (χ0n) is 11.8. The van der Waals surface area contributed by atoms with Crippen LogP contribution in [-0.2, 0) is 9.59 Å². The fourth-order valence-corrected chi connectivity index (χ4v) is 2.47. The molecule has 1 unspecified atom stereocenters. The van der Waals surface area contributed by atoms with Gasteiger partial charge in [0.15, 0.2) is 0 Å². The SMILES string of the molecule is CC(C(=O)O)C(=O)N1CCC(Oc2ccccc2Cl)CC1. The van der Waals surface area contributed by atoms with Gasteiger partial charge in [-0.2, -0.15) is 0 Å². The van der Waals surface area contributed by atoms with Crippen molar-refractivity contribution in [1.82, 2.24) is 4.90 Å². The van der Waals surface area contributed by atoms with E-state index in [1.807, 2.05) is 18.2 Å². The topological polar surface area (TPSA) is 66.8 Å². The second-order valence-electron chi connectivity index (χ2n) is 5.13. The van der Waals surface area contributed by atoms with Gasteiger partial charge in [0, 0.05) is 25.9 Å². The van der Waals surface area contributed by atoms with E-state index in [0.29, 0.717) is 36.7 Å². The summed E-state index contributed by atoms with van der Waals surface area (Å²) >= 11 is 6.04. The van der Waals surface area contributed by atoms with Gasteiger partial charge < -0.3 is 14.7 Å². The first kappa shape index (κ1) is 15.6. The Morgan fingerprint density at radius 2 is 1.95 bits per heavy atom. The number of carbonyl (C=O) groups is 2. The Balaban J connectivity index is 1.88. The molecule has 1 aromatic rings. The van der Waals surface area contributed by atoms with E-state index in [2.05, 4.69) is 0 Å². The van der Waals surface area contributed by atoms with Gasteiger partial charge in [0.25, 0.3) is 0 Å². The van der Waals surface area contributed by atoms with Gasteiger partial charge in [0.1, 0.15) is 17.8 Å². The number of rotatable bonds is 4. The fraction of sp³-hybridized carbons (Fsp3) is 0.467. The third-order valence-electron chi connectivity index (χ3n) is 3.62. The van der Waals surface area contributed by atoms with Crippen molar-refractivity contribution in [2.24, 2.45) is 5.92 Å². The first-order chi connectivity index (χ1) is 9.99. The Hall–Kier alpha value is -1.75. The quantitative estimate of drug-likeness (QED) is 0.867. The second kappa shape index (κ2) is 6.80. The van der Waals surface area contributed by atoms with E-state index < -0.39 is 11.9 Å². The summed E-state index contributed by atoms with van der Waals surface area (Å²) in [7, 11) is 0. The van der Waals surface area contributed by atoms with E-state index in [1.165, 1.54) is 6.92 Å². The maximum atomic E-state index is 11.9. The van der Waals surface area contributed by atoms with Crippen molar-refractivity contribution in [2.45, 2.75) is 25.9 Å². The molecule has 1 aromatic carbocycles. The Labute approximate surface area is 128 Å². The lowest BCUT2D eigenvalue weighted by atomic mass is 10.0. The minimum absolute atomic E-state index is 0.00548. The summed E-state index contributed by atoms with van der Waals surface area (Å²) in [5, 5.41) is 9.44. The van der Waals surface area contributed by atoms with Crippen LogP contribution in [0.1, 0.15) is 19.8 Å². The number of hydrogen-bond acceptors (Lipinski definition) is 3. The van der Waals surface area contributed by atoms with Crippen LogP contribution in [0.25, 0.3) is 0 Å². The third kappa shape index (κ3) is 3.88. The van der Waals surface area contributed by atoms with Crippen LogP contribution in [0, 0.1) is 5.92 Å². The van der Waals surface area contributed by atoms with Crippen LogP contribution in [0.15, 0.2) is 24.3 Å². The van der Waals surface area contributed by atoms with E-state index in [0.717, 1.165) is 0 Å². The van der Waals surface area contributed by atoms with E-state index in [1.54, 1.807) is 11.0 Å². The number of benzene rings is 1. The molecule has 0 bridgehead atoms. The summed E-state index contributed by atoms with van der Waals surface area (Å²) in [5.41, 5.74) is 0. The molecular formula is C15H18ClNO4. The number of carboxylic acids is 1. The Morgan fingerprint density at radius 3 is 2.52 bits per heavy atom. The molecule has 1 atom stereocenters. The molecule has 1 aliphatic rings. The summed E-state index contributed by atoms with van der Waals surface area (Å²) < 4.78 is 5.84. The lowest BCUT2D eigenvalue weighted by Crippen LogP contribution is -2.45. The Morgan fingerprint density at radius 1 is 1.33 bits per heavy atom. The predicted molar refractivity (Wildman–Crippen MR) is 78.5 cm³/mol. The monoisotopic (exact) mass is 311 g/mol. The van der Waals surface area contributed by atoms with Crippen LogP contribution in [0.3, 0.4) is 0 Å². The molecule has 2 rings (SSSR count). The normalized spacial score (nSPS) is 17.3. The number of ether oxygens (including phenoxy) is 1. The molecule has 5 nitrogen and oxygen atoms in total. The maximum Gasteiger partial charge on any atom is 0.315 e. The van der Waals surface area contributed by atoms with E-state index >= 15 is 0 Å². The summed E-state index contributed by atoms with van der Waals surface area (Å²) in [5.74, 6) is -1.78. The number of nitrogens with zero attached hydrogens (tertiary/aromatic N) is 1. The molecule has 1 N–H and O–H groups in total. The number of carboxylic acid groups (broad SMARTS) is 1. The van der Waals surface area contributed by atoms with Crippen molar-refractivity contribution < 1.29 is 19.4 Å². The number of hydrogen-bond donors (Lipinski definition) is 1. The lowest BCUT2D eigenvalue weighted by molar-refractivity contribution is -0.151. The summed E-state index contributed by atoms with van der Waals surface area (Å²) in [6.07, 6.45) is 1.33. The molecule has 1 amide bonds. The van der Waals surface area contributed by atoms with Crippen molar-refractivity contribution in [3.05, 3.63) is 29.3 Å². The molecule has 0 aromatic heterocycles. The zero-order chi connectivity index (χ0) is 15.4. The molecule has 0 radical (unpaired) electrons. The van der Waals surface area contributed by atoms with Crippen molar-refractivity contribution >= 4 is 23.5 Å². The minimum Gasteiger partial charge on any atom is -0.489 e. The van der Waals surface area contributed by atoms with Gasteiger partial charge >= 0.3 is 5.97 Å². The van der Waals surface area contributed by atoms with Crippen molar-refractivity contribution in [3.63, 3.8) is 0 Å². The lowest BCUT2D eigenvalue weighted by Gasteiger charge is -2.33. The third-order valence-corrected chi connectivity index (χ3v) is 3.94. The van der Waals surface area contributed by atoms with E-state index in [9.17, 15) is 9.59 Å². The van der Waals surface area contributed by atoms with Crippen LogP contribution in [-0.4, -0.2) is 41.1 Å². The molecule has 114 valence electrons. The first-order valence-electron chi connectivity index (χ1n) is 6.92. The number of para-hydroxylation sites is 1. The minimum atomic E-state index is -1.09. The van der Waals surface area contributed by atoms with Gasteiger partial charge in [-0.15, -0.1) is 0 Å². The Bertz CT molecular complexity index is 526. The average Bonchev–Trinajstić information content (AvgIpc) is 2.49. The van der Waals surface area contributed by atoms with Gasteiger partial charge in [0.2, 0.25) is 5.91 Å². The molecule has 0 spiro atoms. The number of amides is 1. The first-order valence-corrected chi connectivity index (χ1v) is 7.29. The molecule has 0 aliphatic carbocycles. The van der Waals surface area contributed by atoms with Gasteiger partial charge in [-0.3, -0.25) is 9.59 Å². The van der Waals surface area contributed by atoms with Crippen LogP contribution < -0.4 is 4.74 Å². The molecule has 1 saturated heterocycles.